The summed E-state index contributed by atoms with van der Waals surface area (Å²) in [5.41, 5.74) is 9.66. The third-order valence-electron chi connectivity index (χ3n) is 4.44. The van der Waals surface area contributed by atoms with Gasteiger partial charge in [0, 0.05) is 21.5 Å². The second-order valence-corrected chi connectivity index (χ2v) is 7.08. The Bertz CT molecular complexity index is 898. The summed E-state index contributed by atoms with van der Waals surface area (Å²) >= 11 is 12.1. The van der Waals surface area contributed by atoms with Gasteiger partial charge in [0.1, 0.15) is 0 Å². The number of halogens is 2. The molecule has 0 bridgehead atoms. The van der Waals surface area contributed by atoms with Crippen molar-refractivity contribution in [2.75, 3.05) is 0 Å². The molecule has 1 aliphatic rings. The van der Waals surface area contributed by atoms with Crippen LogP contribution >= 0.6 is 23.2 Å². The molecule has 0 nitrogen and oxygen atoms in total. The molecule has 3 aromatic rings. The van der Waals surface area contributed by atoms with Gasteiger partial charge >= 0.3 is 0 Å². The summed E-state index contributed by atoms with van der Waals surface area (Å²) in [5, 5.41) is 1.47. The van der Waals surface area contributed by atoms with Crippen molar-refractivity contribution in [1.82, 2.24) is 0 Å². The molecule has 0 heterocycles. The van der Waals surface area contributed by atoms with Gasteiger partial charge in [-0.15, -0.1) is 5.73 Å². The maximum Gasteiger partial charge on any atom is 0.0406 e. The normalized spacial score (nSPS) is 15.6. The predicted molar refractivity (Wildman–Crippen MR) is 106 cm³/mol. The average Bonchev–Trinajstić information content (AvgIpc) is 3.42. The van der Waals surface area contributed by atoms with Crippen LogP contribution < -0.4 is 0 Å². The number of rotatable bonds is 3. The zero-order chi connectivity index (χ0) is 17.2. The Morgan fingerprint density at radius 1 is 0.720 bits per heavy atom. The van der Waals surface area contributed by atoms with Crippen LogP contribution in [0.5, 0.6) is 0 Å². The van der Waals surface area contributed by atoms with Crippen molar-refractivity contribution in [2.45, 2.75) is 12.3 Å². The second-order valence-electron chi connectivity index (χ2n) is 6.21. The highest BCUT2D eigenvalue weighted by molar-refractivity contribution is 6.31. The van der Waals surface area contributed by atoms with E-state index in [2.05, 4.69) is 36.1 Å². The highest BCUT2D eigenvalue weighted by Gasteiger charge is 2.31. The van der Waals surface area contributed by atoms with Crippen LogP contribution in [0, 0.1) is 0 Å². The Balaban J connectivity index is 1.80. The molecule has 2 heteroatoms. The van der Waals surface area contributed by atoms with E-state index < -0.39 is 0 Å². The summed E-state index contributed by atoms with van der Waals surface area (Å²) < 4.78 is 0. The van der Waals surface area contributed by atoms with Gasteiger partial charge in [-0.25, -0.2) is 0 Å². The predicted octanol–water partition coefficient (Wildman–Crippen LogP) is 7.14. The fourth-order valence-electron chi connectivity index (χ4n) is 3.01. The molecule has 1 aliphatic carbocycles. The van der Waals surface area contributed by atoms with E-state index >= 15 is 0 Å². The molecule has 25 heavy (non-hydrogen) atoms. The van der Waals surface area contributed by atoms with E-state index in [0.29, 0.717) is 5.92 Å². The Hall–Kier alpha value is -2.24. The van der Waals surface area contributed by atoms with Crippen molar-refractivity contribution >= 4 is 28.8 Å². The smallest absolute Gasteiger partial charge is 0.0406 e. The summed E-state index contributed by atoms with van der Waals surface area (Å²) in [4.78, 5) is 0. The molecule has 3 aromatic carbocycles. The SMILES string of the molecule is Clc1ccc(C(=C=C2CC2c2ccccc2)c2ccc(Cl)cc2)cc1. The average molecular weight is 363 g/mol. The lowest BCUT2D eigenvalue weighted by Crippen LogP contribution is -1.86. The van der Waals surface area contributed by atoms with E-state index in [1.54, 1.807) is 0 Å². The monoisotopic (exact) mass is 362 g/mol. The first kappa shape index (κ1) is 16.2. The zero-order valence-corrected chi connectivity index (χ0v) is 15.1. The molecular formula is C23H16Cl2. The topological polar surface area (TPSA) is 0 Å². The molecule has 0 aliphatic heterocycles. The zero-order valence-electron chi connectivity index (χ0n) is 13.5. The molecule has 1 unspecified atom stereocenters. The van der Waals surface area contributed by atoms with Crippen LogP contribution in [-0.4, -0.2) is 0 Å². The standard InChI is InChI=1S/C23H16Cl2/c24-20-10-6-17(7-11-20)22(18-8-12-21(25)13-9-18)14-19-15-23(19)16-4-2-1-3-5-16/h1-13,23H,15H2. The Kier molecular flexibility index (Phi) is 4.51. The van der Waals surface area contributed by atoms with Gasteiger partial charge < -0.3 is 0 Å². The van der Waals surface area contributed by atoms with Gasteiger partial charge in [-0.05, 0) is 52.9 Å². The largest absolute Gasteiger partial charge is 0.112 e. The minimum absolute atomic E-state index is 0.482. The van der Waals surface area contributed by atoms with Crippen molar-refractivity contribution in [2.24, 2.45) is 0 Å². The summed E-state index contributed by atoms with van der Waals surface area (Å²) in [6.07, 6.45) is 1.06. The molecule has 0 aromatic heterocycles. The Morgan fingerprint density at radius 3 is 1.76 bits per heavy atom. The molecule has 0 amide bonds. The molecule has 1 fully saturated rings. The second kappa shape index (κ2) is 6.94. The molecular weight excluding hydrogens is 347 g/mol. The fourth-order valence-corrected chi connectivity index (χ4v) is 3.26. The van der Waals surface area contributed by atoms with E-state index in [1.807, 2.05) is 48.5 Å². The minimum atomic E-state index is 0.482. The number of hydrogen-bond donors (Lipinski definition) is 0. The van der Waals surface area contributed by atoms with Crippen LogP contribution in [-0.2, 0) is 0 Å². The summed E-state index contributed by atoms with van der Waals surface area (Å²) in [7, 11) is 0. The summed E-state index contributed by atoms with van der Waals surface area (Å²) in [6.45, 7) is 0. The van der Waals surface area contributed by atoms with E-state index in [0.717, 1.165) is 33.2 Å². The van der Waals surface area contributed by atoms with Gasteiger partial charge in [-0.3, -0.25) is 0 Å². The van der Waals surface area contributed by atoms with Crippen LogP contribution in [0.1, 0.15) is 29.0 Å². The lowest BCUT2D eigenvalue weighted by Gasteiger charge is -2.06. The van der Waals surface area contributed by atoms with Crippen LogP contribution in [0.2, 0.25) is 10.0 Å². The lowest BCUT2D eigenvalue weighted by molar-refractivity contribution is 1.16. The number of allylic oxidation sites excluding steroid dienone is 1. The molecule has 0 spiro atoms. The highest BCUT2D eigenvalue weighted by Crippen LogP contribution is 2.46. The maximum absolute atomic E-state index is 6.05. The molecule has 0 radical (unpaired) electrons. The Labute approximate surface area is 158 Å². The molecule has 1 atom stereocenters. The summed E-state index contributed by atoms with van der Waals surface area (Å²) in [6, 6.07) is 26.4. The highest BCUT2D eigenvalue weighted by atomic mass is 35.5. The van der Waals surface area contributed by atoms with E-state index in [-0.39, 0.29) is 0 Å². The van der Waals surface area contributed by atoms with Crippen LogP contribution in [0.4, 0.5) is 0 Å². The summed E-state index contributed by atoms with van der Waals surface area (Å²) in [5.74, 6) is 0.482. The van der Waals surface area contributed by atoms with Crippen molar-refractivity contribution in [3.05, 3.63) is 117 Å². The first-order chi connectivity index (χ1) is 12.2. The van der Waals surface area contributed by atoms with Gasteiger partial charge in [0.05, 0.1) is 0 Å². The van der Waals surface area contributed by atoms with E-state index in [1.165, 1.54) is 11.1 Å². The van der Waals surface area contributed by atoms with Gasteiger partial charge in [0.15, 0.2) is 0 Å². The molecule has 122 valence electrons. The maximum atomic E-state index is 6.05. The van der Waals surface area contributed by atoms with Crippen molar-refractivity contribution in [1.29, 1.82) is 0 Å². The van der Waals surface area contributed by atoms with Gasteiger partial charge in [0.2, 0.25) is 0 Å². The molecule has 4 rings (SSSR count). The molecule has 0 N–H and O–H groups in total. The van der Waals surface area contributed by atoms with Crippen molar-refractivity contribution in [3.63, 3.8) is 0 Å². The first-order valence-corrected chi connectivity index (χ1v) is 9.03. The van der Waals surface area contributed by atoms with Crippen molar-refractivity contribution < 1.29 is 0 Å². The van der Waals surface area contributed by atoms with E-state index in [9.17, 15) is 0 Å². The van der Waals surface area contributed by atoms with Crippen LogP contribution in [0.3, 0.4) is 0 Å². The first-order valence-electron chi connectivity index (χ1n) is 8.27. The van der Waals surface area contributed by atoms with Gasteiger partial charge in [-0.2, -0.15) is 0 Å². The van der Waals surface area contributed by atoms with Crippen molar-refractivity contribution in [3.8, 4) is 0 Å². The Morgan fingerprint density at radius 2 is 1.24 bits per heavy atom. The number of hydrogen-bond acceptors (Lipinski definition) is 0. The quantitative estimate of drug-likeness (QED) is 0.434. The van der Waals surface area contributed by atoms with Crippen LogP contribution in [0.15, 0.2) is 90.2 Å². The molecule has 1 saturated carbocycles. The molecule has 0 saturated heterocycles. The van der Waals surface area contributed by atoms with Gasteiger partial charge in [0.25, 0.3) is 0 Å². The third kappa shape index (κ3) is 3.72. The van der Waals surface area contributed by atoms with E-state index in [4.69, 9.17) is 23.2 Å². The minimum Gasteiger partial charge on any atom is -0.112 e. The van der Waals surface area contributed by atoms with Crippen LogP contribution in [0.25, 0.3) is 5.57 Å². The third-order valence-corrected chi connectivity index (χ3v) is 4.94. The fraction of sp³-hybridized carbons (Fsp3) is 0.0870. The van der Waals surface area contributed by atoms with Gasteiger partial charge in [-0.1, -0.05) is 77.8 Å². The number of benzene rings is 3. The lowest BCUT2D eigenvalue weighted by atomic mass is 9.98.